The number of amides is 1. The van der Waals surface area contributed by atoms with Crippen LogP contribution in [0.3, 0.4) is 0 Å². The Balaban J connectivity index is 4.31. The molecule has 1 amide bonds. The molecule has 15 heavy (non-hydrogen) atoms. The van der Waals surface area contributed by atoms with Crippen molar-refractivity contribution in [1.29, 1.82) is 0 Å². The summed E-state index contributed by atoms with van der Waals surface area (Å²) >= 11 is 1.82. The lowest BCUT2D eigenvalue weighted by atomic mass is 10.3. The summed E-state index contributed by atoms with van der Waals surface area (Å²) in [6.45, 7) is 3.37. The van der Waals surface area contributed by atoms with Crippen molar-refractivity contribution >= 4 is 34.7 Å². The summed E-state index contributed by atoms with van der Waals surface area (Å²) in [7, 11) is 0. The summed E-state index contributed by atoms with van der Waals surface area (Å²) in [5, 5.41) is 8.73. The number of aliphatic carboxylic acids is 1. The lowest BCUT2D eigenvalue weighted by Crippen LogP contribution is -2.43. The first-order valence-electron chi connectivity index (χ1n) is 4.29. The predicted octanol–water partition coefficient (Wildman–Crippen LogP) is 1.31. The molecule has 0 aromatic carbocycles. The molecule has 1 atom stereocenters. The van der Waals surface area contributed by atoms with Crippen molar-refractivity contribution in [3.8, 4) is 9.85 Å². The minimum atomic E-state index is -1.06. The van der Waals surface area contributed by atoms with Crippen LogP contribution < -0.4 is 0 Å². The molecular formula is C9H12INO4. The van der Waals surface area contributed by atoms with Crippen molar-refractivity contribution in [3.05, 3.63) is 0 Å². The molecule has 0 aliphatic rings. The van der Waals surface area contributed by atoms with Gasteiger partial charge in [0, 0.05) is 29.1 Å². The average molecular weight is 325 g/mol. The molecule has 0 rings (SSSR count). The summed E-state index contributed by atoms with van der Waals surface area (Å²) in [5.74, 6) is 1.48. The molecule has 0 fully saturated rings. The van der Waals surface area contributed by atoms with Gasteiger partial charge >= 0.3 is 12.1 Å². The van der Waals surface area contributed by atoms with Gasteiger partial charge in [0.25, 0.3) is 0 Å². The summed E-state index contributed by atoms with van der Waals surface area (Å²) in [6.07, 6.45) is -0.661. The van der Waals surface area contributed by atoms with Crippen LogP contribution in [0, 0.1) is 9.85 Å². The van der Waals surface area contributed by atoms with Crippen molar-refractivity contribution in [2.75, 3.05) is 13.2 Å². The number of carboxylic acids is 1. The van der Waals surface area contributed by atoms with Crippen molar-refractivity contribution < 1.29 is 19.4 Å². The van der Waals surface area contributed by atoms with Crippen LogP contribution in [-0.4, -0.2) is 41.3 Å². The summed E-state index contributed by atoms with van der Waals surface area (Å²) < 4.78 is 7.29. The maximum absolute atomic E-state index is 11.4. The number of carbonyl (C=O) groups is 2. The van der Waals surface area contributed by atoms with E-state index >= 15 is 0 Å². The van der Waals surface area contributed by atoms with E-state index in [-0.39, 0.29) is 13.2 Å². The molecule has 0 saturated heterocycles. The molecule has 0 radical (unpaired) electrons. The van der Waals surface area contributed by atoms with E-state index in [2.05, 4.69) is 9.85 Å². The fourth-order valence-electron chi connectivity index (χ4n) is 0.902. The van der Waals surface area contributed by atoms with E-state index in [0.29, 0.717) is 0 Å². The van der Waals surface area contributed by atoms with E-state index in [9.17, 15) is 9.59 Å². The third kappa shape index (κ3) is 4.88. The van der Waals surface area contributed by atoms with Crippen LogP contribution in [0.1, 0.15) is 13.8 Å². The molecule has 0 aliphatic carbocycles. The highest BCUT2D eigenvalue weighted by atomic mass is 127. The molecule has 0 unspecified atom stereocenters. The zero-order valence-corrected chi connectivity index (χ0v) is 10.6. The molecule has 6 heteroatoms. The van der Waals surface area contributed by atoms with Gasteiger partial charge in [-0.05, 0) is 17.8 Å². The minimum absolute atomic E-state index is 0.0232. The second-order valence-electron chi connectivity index (χ2n) is 2.63. The lowest BCUT2D eigenvalue weighted by Gasteiger charge is -2.23. The lowest BCUT2D eigenvalue weighted by molar-refractivity contribution is -0.142. The SMILES string of the molecule is CCN(C(=O)OCC#CI)[C@@H](C)C(=O)O. The van der Waals surface area contributed by atoms with E-state index < -0.39 is 18.1 Å². The molecule has 0 aromatic heterocycles. The predicted molar refractivity (Wildman–Crippen MR) is 62.6 cm³/mol. The van der Waals surface area contributed by atoms with Crippen LogP contribution in [0.2, 0.25) is 0 Å². The van der Waals surface area contributed by atoms with Gasteiger partial charge in [-0.15, -0.1) is 0 Å². The average Bonchev–Trinajstić information content (AvgIpc) is 2.19. The molecule has 0 aromatic rings. The van der Waals surface area contributed by atoms with Crippen LogP contribution in [-0.2, 0) is 9.53 Å². The number of halogens is 1. The van der Waals surface area contributed by atoms with Gasteiger partial charge in [-0.2, -0.15) is 0 Å². The summed E-state index contributed by atoms with van der Waals surface area (Å²) in [5.41, 5.74) is 0. The fourth-order valence-corrected chi connectivity index (χ4v) is 1.06. The smallest absolute Gasteiger partial charge is 0.411 e. The van der Waals surface area contributed by atoms with Gasteiger partial charge in [0.1, 0.15) is 6.04 Å². The quantitative estimate of drug-likeness (QED) is 0.625. The standard InChI is InChI=1S/C9H12INO4/c1-3-11(7(2)8(12)13)9(14)15-6-4-5-10/h7H,3,6H2,1-2H3,(H,12,13)/t7-/m0/s1. The summed E-state index contributed by atoms with van der Waals surface area (Å²) in [6, 6.07) is -0.893. The third-order valence-corrected chi connectivity index (χ3v) is 2.12. The number of nitrogens with zero attached hydrogens (tertiary/aromatic N) is 1. The van der Waals surface area contributed by atoms with E-state index in [4.69, 9.17) is 9.84 Å². The van der Waals surface area contributed by atoms with Crippen molar-refractivity contribution in [2.45, 2.75) is 19.9 Å². The molecule has 0 bridgehead atoms. The molecule has 84 valence electrons. The van der Waals surface area contributed by atoms with Crippen LogP contribution in [0.25, 0.3) is 0 Å². The topological polar surface area (TPSA) is 66.8 Å². The second kappa shape index (κ2) is 7.34. The number of carboxylic acid groups (broad SMARTS) is 1. The maximum Gasteiger partial charge on any atom is 0.411 e. The number of ether oxygens (including phenoxy) is 1. The number of hydrogen-bond donors (Lipinski definition) is 1. The Morgan fingerprint density at radius 2 is 2.20 bits per heavy atom. The number of carbonyl (C=O) groups excluding carboxylic acids is 1. The Kier molecular flexibility index (Phi) is 6.86. The van der Waals surface area contributed by atoms with Gasteiger partial charge in [-0.25, -0.2) is 9.59 Å². The first-order valence-corrected chi connectivity index (χ1v) is 5.37. The fraction of sp³-hybridized carbons (Fsp3) is 0.556. The normalized spacial score (nSPS) is 10.9. The highest BCUT2D eigenvalue weighted by molar-refractivity contribution is 14.1. The molecule has 0 aliphatic heterocycles. The van der Waals surface area contributed by atoms with Crippen LogP contribution >= 0.6 is 22.6 Å². The Morgan fingerprint density at radius 1 is 1.60 bits per heavy atom. The van der Waals surface area contributed by atoms with Gasteiger partial charge < -0.3 is 9.84 Å². The van der Waals surface area contributed by atoms with Gasteiger partial charge in [-0.1, -0.05) is 5.92 Å². The molecule has 5 nitrogen and oxygen atoms in total. The van der Waals surface area contributed by atoms with Crippen LogP contribution in [0.4, 0.5) is 4.79 Å². The Hall–Kier alpha value is -0.970. The molecule has 0 spiro atoms. The third-order valence-electron chi connectivity index (χ3n) is 1.73. The Labute approximate surface area is 102 Å². The molecule has 0 saturated carbocycles. The van der Waals surface area contributed by atoms with Crippen molar-refractivity contribution in [2.24, 2.45) is 0 Å². The van der Waals surface area contributed by atoms with Gasteiger partial charge in [-0.3, -0.25) is 4.90 Å². The van der Waals surface area contributed by atoms with Crippen LogP contribution in [0.15, 0.2) is 0 Å². The number of rotatable bonds is 4. The van der Waals surface area contributed by atoms with Crippen molar-refractivity contribution in [3.63, 3.8) is 0 Å². The second-order valence-corrected chi connectivity index (χ2v) is 3.17. The highest BCUT2D eigenvalue weighted by Crippen LogP contribution is 2.02. The first-order chi connectivity index (χ1) is 7.04. The van der Waals surface area contributed by atoms with E-state index in [1.54, 1.807) is 6.92 Å². The molecule has 0 heterocycles. The minimum Gasteiger partial charge on any atom is -0.480 e. The van der Waals surface area contributed by atoms with Gasteiger partial charge in [0.2, 0.25) is 0 Å². The Bertz CT molecular complexity index is 294. The highest BCUT2D eigenvalue weighted by Gasteiger charge is 2.24. The zero-order chi connectivity index (χ0) is 11.8. The first kappa shape index (κ1) is 14.0. The van der Waals surface area contributed by atoms with Crippen LogP contribution in [0.5, 0.6) is 0 Å². The van der Waals surface area contributed by atoms with Gasteiger partial charge in [0.15, 0.2) is 6.61 Å². The summed E-state index contributed by atoms with van der Waals surface area (Å²) in [4.78, 5) is 23.1. The van der Waals surface area contributed by atoms with E-state index in [1.807, 2.05) is 22.6 Å². The van der Waals surface area contributed by atoms with E-state index in [1.165, 1.54) is 6.92 Å². The number of likely N-dealkylation sites (N-methyl/N-ethyl adjacent to an activating group) is 1. The monoisotopic (exact) mass is 325 g/mol. The molecular weight excluding hydrogens is 313 g/mol. The largest absolute Gasteiger partial charge is 0.480 e. The van der Waals surface area contributed by atoms with Crippen molar-refractivity contribution in [1.82, 2.24) is 4.90 Å². The molecule has 1 N–H and O–H groups in total. The van der Waals surface area contributed by atoms with Gasteiger partial charge in [0.05, 0.1) is 0 Å². The zero-order valence-electron chi connectivity index (χ0n) is 8.49. The van der Waals surface area contributed by atoms with E-state index in [0.717, 1.165) is 4.90 Å². The number of hydrogen-bond acceptors (Lipinski definition) is 3. The Morgan fingerprint density at radius 3 is 2.60 bits per heavy atom. The maximum atomic E-state index is 11.4.